The van der Waals surface area contributed by atoms with E-state index < -0.39 is 0 Å². The van der Waals surface area contributed by atoms with E-state index >= 15 is 0 Å². The van der Waals surface area contributed by atoms with Crippen molar-refractivity contribution in [2.45, 2.75) is 31.3 Å². The topological polar surface area (TPSA) is 23.6 Å². The average Bonchev–Trinajstić information content (AvgIpc) is 2.35. The van der Waals surface area contributed by atoms with E-state index in [-0.39, 0.29) is 0 Å². The summed E-state index contributed by atoms with van der Waals surface area (Å²) in [6.07, 6.45) is 8.84. The average molecular weight is 246 g/mol. The summed E-state index contributed by atoms with van der Waals surface area (Å²) in [6.45, 7) is 6.19. The quantitative estimate of drug-likeness (QED) is 0.692. The van der Waals surface area contributed by atoms with Gasteiger partial charge in [0.05, 0.1) is 0 Å². The van der Waals surface area contributed by atoms with Crippen LogP contribution < -0.4 is 0 Å². The van der Waals surface area contributed by atoms with Gasteiger partial charge in [-0.1, -0.05) is 6.08 Å². The summed E-state index contributed by atoms with van der Waals surface area (Å²) in [5, 5.41) is 0. The van der Waals surface area contributed by atoms with E-state index in [0.717, 1.165) is 18.9 Å². The third kappa shape index (κ3) is 1.91. The van der Waals surface area contributed by atoms with Crippen LogP contribution in [-0.4, -0.2) is 47.8 Å². The number of rotatable bonds is 2. The van der Waals surface area contributed by atoms with E-state index in [2.05, 4.69) is 23.4 Å². The van der Waals surface area contributed by atoms with E-state index in [1.54, 1.807) is 6.08 Å². The maximum atomic E-state index is 11.7. The van der Waals surface area contributed by atoms with Gasteiger partial charge in [0.15, 0.2) is 5.78 Å². The molecule has 2 bridgehead atoms. The third-order valence-electron chi connectivity index (χ3n) is 4.87. The van der Waals surface area contributed by atoms with Crippen molar-refractivity contribution in [3.8, 4) is 0 Å². The van der Waals surface area contributed by atoms with Gasteiger partial charge in [0.25, 0.3) is 0 Å². The molecule has 0 unspecified atom stereocenters. The van der Waals surface area contributed by atoms with Crippen LogP contribution in [0.3, 0.4) is 0 Å². The van der Waals surface area contributed by atoms with Crippen LogP contribution in [0.25, 0.3) is 0 Å². The minimum Gasteiger partial charge on any atom is -0.373 e. The van der Waals surface area contributed by atoms with Gasteiger partial charge in [0.1, 0.15) is 0 Å². The van der Waals surface area contributed by atoms with Crippen LogP contribution in [0.15, 0.2) is 24.9 Å². The Kier molecular flexibility index (Phi) is 3.02. The highest BCUT2D eigenvalue weighted by Crippen LogP contribution is 2.40. The highest BCUT2D eigenvalue weighted by molar-refractivity contribution is 5.90. The van der Waals surface area contributed by atoms with Crippen molar-refractivity contribution in [1.29, 1.82) is 0 Å². The van der Waals surface area contributed by atoms with Crippen molar-refractivity contribution in [3.63, 3.8) is 0 Å². The number of carbonyl (C=O) groups excluding carboxylic acids is 1. The molecule has 0 saturated carbocycles. The van der Waals surface area contributed by atoms with Crippen molar-refractivity contribution < 1.29 is 4.79 Å². The number of ketones is 1. The van der Waals surface area contributed by atoms with Gasteiger partial charge in [-0.25, -0.2) is 0 Å². The van der Waals surface area contributed by atoms with Gasteiger partial charge in [0, 0.05) is 37.8 Å². The first-order chi connectivity index (χ1) is 8.69. The SMILES string of the molecule is C=CC[C@H]1[C@H]2C[C@H](CN1C)CN1C=CC(=O)C[C@H]21. The molecule has 2 fully saturated rings. The first-order valence-electron chi connectivity index (χ1n) is 6.97. The zero-order chi connectivity index (χ0) is 12.7. The van der Waals surface area contributed by atoms with Crippen LogP contribution in [-0.2, 0) is 4.79 Å². The fourth-order valence-electron chi connectivity index (χ4n) is 4.13. The van der Waals surface area contributed by atoms with Crippen LogP contribution in [0.1, 0.15) is 19.3 Å². The maximum absolute atomic E-state index is 11.7. The summed E-state index contributed by atoms with van der Waals surface area (Å²) in [6, 6.07) is 0.984. The lowest BCUT2D eigenvalue weighted by atomic mass is 9.72. The van der Waals surface area contributed by atoms with Gasteiger partial charge in [-0.05, 0) is 37.8 Å². The second kappa shape index (κ2) is 4.54. The standard InChI is InChI=1S/C15H22N2O/c1-3-4-14-13-7-11(9-16(14)2)10-17-6-5-12(18)8-15(13)17/h3,5-6,11,13-15H,1,4,7-10H2,2H3/t11-,13-,14+,15-/m1/s1. The molecule has 2 saturated heterocycles. The second-order valence-electron chi connectivity index (χ2n) is 6.05. The van der Waals surface area contributed by atoms with Gasteiger partial charge in [-0.2, -0.15) is 0 Å². The number of fused-ring (bicyclic) bond motifs is 4. The lowest BCUT2D eigenvalue weighted by Gasteiger charge is -2.54. The van der Waals surface area contributed by atoms with E-state index in [9.17, 15) is 4.79 Å². The highest BCUT2D eigenvalue weighted by atomic mass is 16.1. The molecule has 0 amide bonds. The Hall–Kier alpha value is -1.09. The van der Waals surface area contributed by atoms with Crippen molar-refractivity contribution >= 4 is 5.78 Å². The molecule has 3 aliphatic rings. The first-order valence-corrected chi connectivity index (χ1v) is 6.97. The van der Waals surface area contributed by atoms with E-state index in [4.69, 9.17) is 0 Å². The Morgan fingerprint density at radius 2 is 2.33 bits per heavy atom. The Morgan fingerprint density at radius 3 is 3.11 bits per heavy atom. The molecule has 0 aromatic carbocycles. The monoisotopic (exact) mass is 246 g/mol. The molecule has 98 valence electrons. The van der Waals surface area contributed by atoms with Crippen LogP contribution in [0, 0.1) is 11.8 Å². The molecule has 0 aromatic heterocycles. The summed E-state index contributed by atoms with van der Waals surface area (Å²) in [5.74, 6) is 1.67. The van der Waals surface area contributed by atoms with E-state index in [1.165, 1.54) is 13.0 Å². The van der Waals surface area contributed by atoms with Gasteiger partial charge < -0.3 is 9.80 Å². The number of carbonyl (C=O) groups is 1. The second-order valence-corrected chi connectivity index (χ2v) is 6.05. The zero-order valence-corrected chi connectivity index (χ0v) is 11.1. The van der Waals surface area contributed by atoms with Crippen molar-refractivity contribution in [1.82, 2.24) is 9.80 Å². The molecular weight excluding hydrogens is 224 g/mol. The van der Waals surface area contributed by atoms with Crippen LogP contribution in [0.4, 0.5) is 0 Å². The molecule has 3 heterocycles. The van der Waals surface area contributed by atoms with Gasteiger partial charge in [-0.3, -0.25) is 4.79 Å². The van der Waals surface area contributed by atoms with E-state index in [0.29, 0.717) is 30.2 Å². The summed E-state index contributed by atoms with van der Waals surface area (Å²) in [4.78, 5) is 16.6. The van der Waals surface area contributed by atoms with Gasteiger partial charge in [-0.15, -0.1) is 6.58 Å². The summed E-state index contributed by atoms with van der Waals surface area (Å²) >= 11 is 0. The van der Waals surface area contributed by atoms with Crippen LogP contribution >= 0.6 is 0 Å². The number of hydrogen-bond donors (Lipinski definition) is 0. The van der Waals surface area contributed by atoms with Crippen LogP contribution in [0.2, 0.25) is 0 Å². The molecule has 3 heteroatoms. The molecule has 18 heavy (non-hydrogen) atoms. The minimum atomic E-state index is 0.292. The third-order valence-corrected chi connectivity index (χ3v) is 4.87. The lowest BCUT2D eigenvalue weighted by Crippen LogP contribution is -2.60. The number of allylic oxidation sites excluding steroid dienone is 1. The number of likely N-dealkylation sites (tertiary alicyclic amines) is 1. The molecule has 0 spiro atoms. The Balaban J connectivity index is 1.87. The number of hydrogen-bond acceptors (Lipinski definition) is 3. The van der Waals surface area contributed by atoms with Crippen molar-refractivity contribution in [3.05, 3.63) is 24.9 Å². The Labute approximate surface area is 109 Å². The Morgan fingerprint density at radius 1 is 1.50 bits per heavy atom. The normalized spacial score (nSPS) is 39.6. The smallest absolute Gasteiger partial charge is 0.159 e. The predicted octanol–water partition coefficient (Wildman–Crippen LogP) is 1.67. The largest absolute Gasteiger partial charge is 0.373 e. The Bertz CT molecular complexity index is 390. The fraction of sp³-hybridized carbons (Fsp3) is 0.667. The fourth-order valence-corrected chi connectivity index (χ4v) is 4.13. The minimum absolute atomic E-state index is 0.292. The summed E-state index contributed by atoms with van der Waals surface area (Å²) < 4.78 is 0. The molecule has 3 rings (SSSR count). The summed E-state index contributed by atoms with van der Waals surface area (Å²) in [7, 11) is 2.23. The van der Waals surface area contributed by atoms with Crippen LogP contribution in [0.5, 0.6) is 0 Å². The van der Waals surface area contributed by atoms with Gasteiger partial charge >= 0.3 is 0 Å². The zero-order valence-electron chi connectivity index (χ0n) is 11.1. The molecule has 3 aliphatic heterocycles. The highest BCUT2D eigenvalue weighted by Gasteiger charge is 2.45. The molecule has 0 aromatic rings. The predicted molar refractivity (Wildman–Crippen MR) is 72.1 cm³/mol. The molecule has 3 nitrogen and oxygen atoms in total. The number of nitrogens with zero attached hydrogens (tertiary/aromatic N) is 2. The molecule has 0 aliphatic carbocycles. The van der Waals surface area contributed by atoms with Crippen molar-refractivity contribution in [2.75, 3.05) is 20.1 Å². The van der Waals surface area contributed by atoms with Crippen molar-refractivity contribution in [2.24, 2.45) is 11.8 Å². The van der Waals surface area contributed by atoms with E-state index in [1.807, 2.05) is 12.3 Å². The number of piperidine rings is 2. The molecular formula is C15H22N2O. The summed E-state index contributed by atoms with van der Waals surface area (Å²) in [5.41, 5.74) is 0. The lowest BCUT2D eigenvalue weighted by molar-refractivity contribution is -0.119. The first kappa shape index (κ1) is 12.0. The maximum Gasteiger partial charge on any atom is 0.159 e. The van der Waals surface area contributed by atoms with Gasteiger partial charge in [0.2, 0.25) is 0 Å². The molecule has 0 N–H and O–H groups in total. The molecule has 4 atom stereocenters. The molecule has 0 radical (unpaired) electrons.